The molecule has 0 aliphatic carbocycles. The lowest BCUT2D eigenvalue weighted by atomic mass is 9.97. The van der Waals surface area contributed by atoms with Gasteiger partial charge in [0.15, 0.2) is 0 Å². The number of nitrogens with zero attached hydrogens (tertiary/aromatic N) is 2. The molecule has 2 rings (SSSR count). The van der Waals surface area contributed by atoms with Gasteiger partial charge in [0.25, 0.3) is 0 Å². The Hall–Kier alpha value is -1.58. The Labute approximate surface area is 102 Å². The van der Waals surface area contributed by atoms with Crippen molar-refractivity contribution in [3.8, 4) is 0 Å². The Balaban J connectivity index is 1.95. The molecule has 1 aromatic heterocycles. The minimum atomic E-state index is -0.0819. The van der Waals surface area contributed by atoms with Crippen LogP contribution in [0.3, 0.4) is 0 Å². The Kier molecular flexibility index (Phi) is 3.61. The van der Waals surface area contributed by atoms with E-state index in [1.165, 1.54) is 7.11 Å². The number of rotatable bonds is 2. The van der Waals surface area contributed by atoms with E-state index in [-0.39, 0.29) is 11.9 Å². The Morgan fingerprint density at radius 2 is 2.12 bits per heavy atom. The summed E-state index contributed by atoms with van der Waals surface area (Å²) < 4.78 is 4.77. The summed E-state index contributed by atoms with van der Waals surface area (Å²) in [5.74, 6) is 0.974. The lowest BCUT2D eigenvalue weighted by Gasteiger charge is -2.31. The highest BCUT2D eigenvalue weighted by Crippen LogP contribution is 2.22. The summed E-state index contributed by atoms with van der Waals surface area (Å²) in [6.07, 6.45) is 3.58. The zero-order valence-corrected chi connectivity index (χ0v) is 10.3. The number of pyridine rings is 1. The van der Waals surface area contributed by atoms with Crippen LogP contribution in [0.4, 0.5) is 5.82 Å². The zero-order chi connectivity index (χ0) is 12.3. The van der Waals surface area contributed by atoms with Crippen molar-refractivity contribution in [1.82, 2.24) is 4.98 Å². The molecule has 1 fully saturated rings. The lowest BCUT2D eigenvalue weighted by Crippen LogP contribution is -2.37. The molecule has 0 atom stereocenters. The zero-order valence-electron chi connectivity index (χ0n) is 10.3. The standard InChI is InChI=1S/C13H18N2O2/c1-10-3-4-12(14-9-10)15-7-5-11(6-8-15)13(16)17-2/h3-4,9,11H,5-8H2,1-2H3. The van der Waals surface area contributed by atoms with Gasteiger partial charge in [-0.3, -0.25) is 4.79 Å². The van der Waals surface area contributed by atoms with Crippen LogP contribution in [-0.2, 0) is 9.53 Å². The highest BCUT2D eigenvalue weighted by molar-refractivity contribution is 5.72. The predicted octanol–water partition coefficient (Wildman–Crippen LogP) is 1.78. The number of carbonyl (C=O) groups excluding carboxylic acids is 1. The number of hydrogen-bond acceptors (Lipinski definition) is 4. The molecule has 1 aromatic rings. The maximum absolute atomic E-state index is 11.4. The van der Waals surface area contributed by atoms with Gasteiger partial charge in [-0.2, -0.15) is 0 Å². The van der Waals surface area contributed by atoms with Crippen LogP contribution < -0.4 is 4.90 Å². The minimum absolute atomic E-state index is 0.0571. The number of ether oxygens (including phenoxy) is 1. The molecule has 17 heavy (non-hydrogen) atoms. The van der Waals surface area contributed by atoms with Gasteiger partial charge in [-0.15, -0.1) is 0 Å². The Morgan fingerprint density at radius 1 is 1.41 bits per heavy atom. The van der Waals surface area contributed by atoms with Crippen LogP contribution in [0.2, 0.25) is 0 Å². The maximum atomic E-state index is 11.4. The predicted molar refractivity (Wildman–Crippen MR) is 65.9 cm³/mol. The monoisotopic (exact) mass is 234 g/mol. The summed E-state index contributed by atoms with van der Waals surface area (Å²) >= 11 is 0. The van der Waals surface area contributed by atoms with E-state index in [1.54, 1.807) is 0 Å². The molecular formula is C13H18N2O2. The van der Waals surface area contributed by atoms with Gasteiger partial charge >= 0.3 is 5.97 Å². The smallest absolute Gasteiger partial charge is 0.308 e. The van der Waals surface area contributed by atoms with Crippen LogP contribution in [-0.4, -0.2) is 31.2 Å². The van der Waals surface area contributed by atoms with Crippen LogP contribution in [0, 0.1) is 12.8 Å². The van der Waals surface area contributed by atoms with Crippen LogP contribution in [0.1, 0.15) is 18.4 Å². The van der Waals surface area contributed by atoms with Gasteiger partial charge < -0.3 is 9.64 Å². The molecule has 2 heterocycles. The summed E-state index contributed by atoms with van der Waals surface area (Å²) in [6, 6.07) is 4.10. The van der Waals surface area contributed by atoms with E-state index in [1.807, 2.05) is 19.2 Å². The van der Waals surface area contributed by atoms with E-state index < -0.39 is 0 Å². The molecule has 0 spiro atoms. The molecule has 0 aromatic carbocycles. The van der Waals surface area contributed by atoms with Crippen LogP contribution in [0.15, 0.2) is 18.3 Å². The van der Waals surface area contributed by atoms with E-state index in [9.17, 15) is 4.79 Å². The number of esters is 1. The summed E-state index contributed by atoms with van der Waals surface area (Å²) in [7, 11) is 1.45. The van der Waals surface area contributed by atoms with Gasteiger partial charge in [-0.25, -0.2) is 4.98 Å². The van der Waals surface area contributed by atoms with E-state index in [0.29, 0.717) is 0 Å². The summed E-state index contributed by atoms with van der Waals surface area (Å²) in [4.78, 5) is 18.0. The van der Waals surface area contributed by atoms with Crippen molar-refractivity contribution in [2.75, 3.05) is 25.1 Å². The van der Waals surface area contributed by atoms with Crippen molar-refractivity contribution in [2.24, 2.45) is 5.92 Å². The largest absolute Gasteiger partial charge is 0.469 e. The van der Waals surface area contributed by atoms with Gasteiger partial charge in [0.1, 0.15) is 5.82 Å². The van der Waals surface area contributed by atoms with Gasteiger partial charge in [0.05, 0.1) is 13.0 Å². The quantitative estimate of drug-likeness (QED) is 0.731. The van der Waals surface area contributed by atoms with Crippen molar-refractivity contribution in [1.29, 1.82) is 0 Å². The number of piperidine rings is 1. The van der Waals surface area contributed by atoms with Gasteiger partial charge in [0, 0.05) is 19.3 Å². The number of anilines is 1. The second-order valence-electron chi connectivity index (χ2n) is 4.48. The molecule has 1 aliphatic heterocycles. The number of aromatic nitrogens is 1. The Morgan fingerprint density at radius 3 is 2.65 bits per heavy atom. The minimum Gasteiger partial charge on any atom is -0.469 e. The van der Waals surface area contributed by atoms with Gasteiger partial charge in [0.2, 0.25) is 0 Å². The van der Waals surface area contributed by atoms with Crippen molar-refractivity contribution < 1.29 is 9.53 Å². The molecule has 92 valence electrons. The average molecular weight is 234 g/mol. The molecule has 0 unspecified atom stereocenters. The molecule has 0 radical (unpaired) electrons. The topological polar surface area (TPSA) is 42.4 Å². The highest BCUT2D eigenvalue weighted by Gasteiger charge is 2.25. The SMILES string of the molecule is COC(=O)C1CCN(c2ccc(C)cn2)CC1. The van der Waals surface area contributed by atoms with Crippen molar-refractivity contribution in [3.63, 3.8) is 0 Å². The second kappa shape index (κ2) is 5.17. The molecule has 0 saturated carbocycles. The first-order valence-electron chi connectivity index (χ1n) is 5.96. The summed E-state index contributed by atoms with van der Waals surface area (Å²) in [5, 5.41) is 0. The van der Waals surface area contributed by atoms with Crippen LogP contribution in [0.25, 0.3) is 0 Å². The maximum Gasteiger partial charge on any atom is 0.308 e. The van der Waals surface area contributed by atoms with E-state index >= 15 is 0 Å². The molecule has 1 saturated heterocycles. The molecule has 0 bridgehead atoms. The highest BCUT2D eigenvalue weighted by atomic mass is 16.5. The molecule has 4 heteroatoms. The summed E-state index contributed by atoms with van der Waals surface area (Å²) in [5.41, 5.74) is 1.16. The van der Waals surface area contributed by atoms with Crippen LogP contribution in [0.5, 0.6) is 0 Å². The number of hydrogen-bond donors (Lipinski definition) is 0. The second-order valence-corrected chi connectivity index (χ2v) is 4.48. The van der Waals surface area contributed by atoms with Crippen LogP contribution >= 0.6 is 0 Å². The first-order chi connectivity index (χ1) is 8.20. The third-order valence-electron chi connectivity index (χ3n) is 3.25. The van der Waals surface area contributed by atoms with Crippen molar-refractivity contribution in [3.05, 3.63) is 23.9 Å². The molecular weight excluding hydrogens is 216 g/mol. The normalized spacial score (nSPS) is 16.9. The molecule has 4 nitrogen and oxygen atoms in total. The van der Waals surface area contributed by atoms with Gasteiger partial charge in [-0.05, 0) is 31.4 Å². The van der Waals surface area contributed by atoms with E-state index in [4.69, 9.17) is 4.74 Å². The number of carbonyl (C=O) groups is 1. The average Bonchev–Trinajstić information content (AvgIpc) is 2.39. The molecule has 1 aliphatic rings. The van der Waals surface area contributed by atoms with E-state index in [2.05, 4.69) is 16.0 Å². The van der Waals surface area contributed by atoms with E-state index in [0.717, 1.165) is 37.3 Å². The molecule has 0 N–H and O–H groups in total. The third kappa shape index (κ3) is 2.75. The first kappa shape index (κ1) is 11.9. The number of methoxy groups -OCH3 is 1. The van der Waals surface area contributed by atoms with Gasteiger partial charge in [-0.1, -0.05) is 6.07 Å². The summed E-state index contributed by atoms with van der Waals surface area (Å²) in [6.45, 7) is 3.77. The lowest BCUT2D eigenvalue weighted by molar-refractivity contribution is -0.146. The fourth-order valence-corrected chi connectivity index (χ4v) is 2.16. The first-order valence-corrected chi connectivity index (χ1v) is 5.96. The molecule has 0 amide bonds. The number of aryl methyl sites for hydroxylation is 1. The Bertz CT molecular complexity index is 381. The van der Waals surface area contributed by atoms with Crippen molar-refractivity contribution >= 4 is 11.8 Å². The van der Waals surface area contributed by atoms with Crippen molar-refractivity contribution in [2.45, 2.75) is 19.8 Å². The fraction of sp³-hybridized carbons (Fsp3) is 0.538. The fourth-order valence-electron chi connectivity index (χ4n) is 2.16. The third-order valence-corrected chi connectivity index (χ3v) is 3.25.